The number of hydrogen-bond donors (Lipinski definition) is 1. The summed E-state index contributed by atoms with van der Waals surface area (Å²) in [5.41, 5.74) is 0. The third kappa shape index (κ3) is 3.39. The summed E-state index contributed by atoms with van der Waals surface area (Å²) in [6, 6.07) is -0.350. The number of anilines is 1. The zero-order valence-electron chi connectivity index (χ0n) is 11.3. The maximum Gasteiger partial charge on any atom is 0.245 e. The van der Waals surface area contributed by atoms with Crippen molar-refractivity contribution in [3.63, 3.8) is 0 Å². The number of rotatable bonds is 3. The Morgan fingerprint density at radius 2 is 2.35 bits per heavy atom. The van der Waals surface area contributed by atoms with Crippen LogP contribution in [0, 0.1) is 0 Å². The second kappa shape index (κ2) is 6.69. The van der Waals surface area contributed by atoms with E-state index in [4.69, 9.17) is 16.3 Å². The van der Waals surface area contributed by atoms with Gasteiger partial charge in [-0.3, -0.25) is 4.79 Å². The topological polar surface area (TPSA) is 67.3 Å². The fourth-order valence-corrected chi connectivity index (χ4v) is 2.56. The van der Waals surface area contributed by atoms with Crippen LogP contribution in [0.2, 0.25) is 5.15 Å². The van der Waals surface area contributed by atoms with Crippen molar-refractivity contribution in [3.8, 4) is 0 Å². The molecule has 6 nitrogen and oxygen atoms in total. The van der Waals surface area contributed by atoms with Crippen LogP contribution in [-0.2, 0) is 9.53 Å². The monoisotopic (exact) mass is 362 g/mol. The van der Waals surface area contributed by atoms with Crippen molar-refractivity contribution in [1.29, 1.82) is 0 Å². The minimum Gasteiger partial charge on any atom is -0.377 e. The van der Waals surface area contributed by atoms with Crippen LogP contribution in [0.5, 0.6) is 0 Å². The van der Waals surface area contributed by atoms with Gasteiger partial charge in [0.05, 0.1) is 17.7 Å². The Morgan fingerprint density at radius 1 is 1.60 bits per heavy atom. The standard InChI is InChI=1S/C12H16BrClN4O2/c1-7(2)17-12(19)8-5-20-4-3-18(8)11-9(13)10(14)15-6-16-11/h6-8H,3-5H2,1-2H3,(H,17,19). The molecule has 20 heavy (non-hydrogen) atoms. The lowest BCUT2D eigenvalue weighted by Gasteiger charge is -2.36. The minimum atomic E-state index is -0.423. The van der Waals surface area contributed by atoms with Crippen molar-refractivity contribution in [2.24, 2.45) is 0 Å². The van der Waals surface area contributed by atoms with Gasteiger partial charge in [0, 0.05) is 12.6 Å². The van der Waals surface area contributed by atoms with E-state index in [1.807, 2.05) is 18.7 Å². The minimum absolute atomic E-state index is 0.0729. The molecule has 8 heteroatoms. The van der Waals surface area contributed by atoms with Crippen LogP contribution in [0.15, 0.2) is 10.8 Å². The molecule has 1 N–H and O–H groups in total. The Morgan fingerprint density at radius 3 is 3.05 bits per heavy atom. The summed E-state index contributed by atoms with van der Waals surface area (Å²) in [7, 11) is 0. The normalized spacial score (nSPS) is 19.2. The van der Waals surface area contributed by atoms with Gasteiger partial charge in [0.1, 0.15) is 23.3 Å². The number of nitrogens with one attached hydrogen (secondary N) is 1. The third-order valence-corrected chi connectivity index (χ3v) is 4.11. The molecule has 0 radical (unpaired) electrons. The number of ether oxygens (including phenoxy) is 1. The first-order valence-electron chi connectivity index (χ1n) is 6.31. The number of hydrogen-bond acceptors (Lipinski definition) is 5. The van der Waals surface area contributed by atoms with E-state index in [0.29, 0.717) is 35.2 Å². The maximum atomic E-state index is 12.3. The summed E-state index contributed by atoms with van der Waals surface area (Å²) in [4.78, 5) is 22.3. The molecule has 1 saturated heterocycles. The molecule has 1 fully saturated rings. The molecular formula is C12H16BrClN4O2. The summed E-state index contributed by atoms with van der Waals surface area (Å²) in [6.45, 7) is 5.28. The lowest BCUT2D eigenvalue weighted by molar-refractivity contribution is -0.125. The average molecular weight is 364 g/mol. The summed E-state index contributed by atoms with van der Waals surface area (Å²) in [5, 5.41) is 3.22. The summed E-state index contributed by atoms with van der Waals surface area (Å²) >= 11 is 9.36. The van der Waals surface area contributed by atoms with Gasteiger partial charge in [-0.2, -0.15) is 0 Å². The highest BCUT2D eigenvalue weighted by molar-refractivity contribution is 9.10. The van der Waals surface area contributed by atoms with Gasteiger partial charge < -0.3 is 15.0 Å². The van der Waals surface area contributed by atoms with Crippen LogP contribution < -0.4 is 10.2 Å². The van der Waals surface area contributed by atoms with Crippen LogP contribution >= 0.6 is 27.5 Å². The zero-order chi connectivity index (χ0) is 14.7. The Balaban J connectivity index is 2.27. The molecule has 2 heterocycles. The molecule has 1 atom stereocenters. The average Bonchev–Trinajstić information content (AvgIpc) is 2.41. The molecule has 1 amide bonds. The number of carbonyl (C=O) groups is 1. The first kappa shape index (κ1) is 15.5. The van der Waals surface area contributed by atoms with Gasteiger partial charge in [-0.05, 0) is 29.8 Å². The second-order valence-corrected chi connectivity index (χ2v) is 5.90. The van der Waals surface area contributed by atoms with E-state index < -0.39 is 6.04 Å². The van der Waals surface area contributed by atoms with Crippen LogP contribution in [0.3, 0.4) is 0 Å². The van der Waals surface area contributed by atoms with Gasteiger partial charge in [0.2, 0.25) is 5.91 Å². The molecule has 0 aromatic carbocycles. The van der Waals surface area contributed by atoms with Crippen LogP contribution in [0.25, 0.3) is 0 Å². The zero-order valence-corrected chi connectivity index (χ0v) is 13.6. The molecule has 1 unspecified atom stereocenters. The van der Waals surface area contributed by atoms with Crippen LogP contribution in [0.1, 0.15) is 13.8 Å². The van der Waals surface area contributed by atoms with Crippen molar-refractivity contribution < 1.29 is 9.53 Å². The lowest BCUT2D eigenvalue weighted by Crippen LogP contribution is -2.55. The molecule has 0 aliphatic carbocycles. The summed E-state index contributed by atoms with van der Waals surface area (Å²) in [6.07, 6.45) is 1.38. The van der Waals surface area contributed by atoms with Crippen LogP contribution in [-0.4, -0.2) is 47.7 Å². The number of morpholine rings is 1. The van der Waals surface area contributed by atoms with E-state index in [9.17, 15) is 4.79 Å². The Kier molecular flexibility index (Phi) is 5.17. The fourth-order valence-electron chi connectivity index (χ4n) is 2.00. The van der Waals surface area contributed by atoms with Gasteiger partial charge in [0.25, 0.3) is 0 Å². The molecule has 1 aliphatic heterocycles. The SMILES string of the molecule is CC(C)NC(=O)C1COCCN1c1ncnc(Cl)c1Br. The van der Waals surface area contributed by atoms with E-state index in [-0.39, 0.29) is 11.9 Å². The highest BCUT2D eigenvalue weighted by atomic mass is 79.9. The number of halogens is 2. The number of carbonyl (C=O) groups excluding carboxylic acids is 1. The molecule has 110 valence electrons. The van der Waals surface area contributed by atoms with Gasteiger partial charge in [0.15, 0.2) is 0 Å². The quantitative estimate of drug-likeness (QED) is 0.827. The van der Waals surface area contributed by atoms with E-state index in [1.165, 1.54) is 6.33 Å². The largest absolute Gasteiger partial charge is 0.377 e. The van der Waals surface area contributed by atoms with Gasteiger partial charge in [-0.25, -0.2) is 9.97 Å². The molecule has 0 spiro atoms. The Bertz CT molecular complexity index is 500. The molecule has 2 rings (SSSR count). The van der Waals surface area contributed by atoms with Gasteiger partial charge in [-0.1, -0.05) is 11.6 Å². The Hall–Kier alpha value is -0.920. The van der Waals surface area contributed by atoms with E-state index in [1.54, 1.807) is 0 Å². The third-order valence-electron chi connectivity index (χ3n) is 2.86. The molecule has 1 aliphatic rings. The first-order valence-corrected chi connectivity index (χ1v) is 7.48. The summed E-state index contributed by atoms with van der Waals surface area (Å²) in [5.74, 6) is 0.526. The fraction of sp³-hybridized carbons (Fsp3) is 0.583. The number of nitrogens with zero attached hydrogens (tertiary/aromatic N) is 3. The molecule has 1 aromatic rings. The summed E-state index contributed by atoms with van der Waals surface area (Å²) < 4.78 is 6.00. The first-order chi connectivity index (χ1) is 9.50. The van der Waals surface area contributed by atoms with E-state index in [0.717, 1.165) is 0 Å². The predicted octanol–water partition coefficient (Wildman–Crippen LogP) is 1.62. The maximum absolute atomic E-state index is 12.3. The molecule has 1 aromatic heterocycles. The van der Waals surface area contributed by atoms with Crippen molar-refractivity contribution in [1.82, 2.24) is 15.3 Å². The lowest BCUT2D eigenvalue weighted by atomic mass is 10.2. The smallest absolute Gasteiger partial charge is 0.245 e. The van der Waals surface area contributed by atoms with Crippen molar-refractivity contribution in [2.45, 2.75) is 25.9 Å². The van der Waals surface area contributed by atoms with E-state index in [2.05, 4.69) is 31.2 Å². The predicted molar refractivity (Wildman–Crippen MR) is 80.0 cm³/mol. The van der Waals surface area contributed by atoms with Crippen LogP contribution in [0.4, 0.5) is 5.82 Å². The molecule has 0 bridgehead atoms. The Labute approximate surface area is 131 Å². The van der Waals surface area contributed by atoms with E-state index >= 15 is 0 Å². The number of amides is 1. The number of aromatic nitrogens is 2. The highest BCUT2D eigenvalue weighted by Crippen LogP contribution is 2.31. The van der Waals surface area contributed by atoms with Crippen molar-refractivity contribution in [2.75, 3.05) is 24.7 Å². The van der Waals surface area contributed by atoms with Crippen molar-refractivity contribution in [3.05, 3.63) is 16.0 Å². The second-order valence-electron chi connectivity index (χ2n) is 4.75. The highest BCUT2D eigenvalue weighted by Gasteiger charge is 2.32. The van der Waals surface area contributed by atoms with Gasteiger partial charge >= 0.3 is 0 Å². The molecular weight excluding hydrogens is 348 g/mol. The van der Waals surface area contributed by atoms with Gasteiger partial charge in [-0.15, -0.1) is 0 Å². The van der Waals surface area contributed by atoms with Crippen molar-refractivity contribution >= 4 is 39.3 Å². The molecule has 0 saturated carbocycles.